The molecule has 0 fully saturated rings. The van der Waals surface area contributed by atoms with Crippen LogP contribution in [0.1, 0.15) is 17.2 Å². The molecule has 0 aliphatic carbocycles. The van der Waals surface area contributed by atoms with Crippen LogP contribution in [0.5, 0.6) is 0 Å². The quantitative estimate of drug-likeness (QED) is 0.851. The predicted octanol–water partition coefficient (Wildman–Crippen LogP) is 2.77. The summed E-state index contributed by atoms with van der Waals surface area (Å²) in [5.74, 6) is 0. The number of halogens is 1. The Hall–Kier alpha value is -1.21. The van der Waals surface area contributed by atoms with Gasteiger partial charge in [0.2, 0.25) is 10.0 Å². The summed E-state index contributed by atoms with van der Waals surface area (Å²) in [6.07, 6.45) is 0. The minimum atomic E-state index is -3.69. The van der Waals surface area contributed by atoms with Gasteiger partial charge in [0.1, 0.15) is 0 Å². The molecule has 0 aliphatic heterocycles. The van der Waals surface area contributed by atoms with E-state index in [4.69, 9.17) is 0 Å². The highest BCUT2D eigenvalue weighted by molar-refractivity contribution is 9.10. The molecule has 2 N–H and O–H groups in total. The molecular weight excluding hydrogens is 354 g/mol. The third-order valence-electron chi connectivity index (χ3n) is 3.12. The average Bonchev–Trinajstić information content (AvgIpc) is 2.48. The van der Waals surface area contributed by atoms with Crippen molar-refractivity contribution < 1.29 is 13.5 Å². The SMILES string of the molecule is Cc1cc(S(=O)(=O)NC(CO)c2ccccc2)ccc1Br. The van der Waals surface area contributed by atoms with Crippen LogP contribution in [0.3, 0.4) is 0 Å². The number of aliphatic hydroxyl groups is 1. The van der Waals surface area contributed by atoms with E-state index in [2.05, 4.69) is 20.7 Å². The first-order valence-corrected chi connectivity index (χ1v) is 8.66. The summed E-state index contributed by atoms with van der Waals surface area (Å²) < 4.78 is 28.2. The molecule has 4 nitrogen and oxygen atoms in total. The second-order valence-corrected chi connectivity index (χ2v) is 7.25. The molecule has 0 saturated heterocycles. The summed E-state index contributed by atoms with van der Waals surface area (Å²) in [7, 11) is -3.69. The number of sulfonamides is 1. The second kappa shape index (κ2) is 6.70. The number of rotatable bonds is 5. The van der Waals surface area contributed by atoms with Gasteiger partial charge in [-0.15, -0.1) is 0 Å². The van der Waals surface area contributed by atoms with Crippen LogP contribution in [0.4, 0.5) is 0 Å². The Bertz CT molecular complexity index is 717. The van der Waals surface area contributed by atoms with Crippen LogP contribution in [0, 0.1) is 6.92 Å². The van der Waals surface area contributed by atoms with E-state index in [1.54, 1.807) is 36.4 Å². The first-order valence-electron chi connectivity index (χ1n) is 6.38. The molecule has 0 aliphatic rings. The molecule has 0 amide bonds. The van der Waals surface area contributed by atoms with Crippen molar-refractivity contribution in [2.75, 3.05) is 6.61 Å². The van der Waals surface area contributed by atoms with Crippen LogP contribution >= 0.6 is 15.9 Å². The topological polar surface area (TPSA) is 66.4 Å². The zero-order valence-corrected chi connectivity index (χ0v) is 13.9. The van der Waals surface area contributed by atoms with E-state index in [9.17, 15) is 13.5 Å². The first-order chi connectivity index (χ1) is 9.94. The van der Waals surface area contributed by atoms with Gasteiger partial charge in [0, 0.05) is 4.47 Å². The fraction of sp³-hybridized carbons (Fsp3) is 0.200. The Morgan fingerprint density at radius 1 is 1.19 bits per heavy atom. The maximum atomic E-state index is 12.4. The number of hydrogen-bond donors (Lipinski definition) is 2. The molecule has 6 heteroatoms. The average molecular weight is 370 g/mol. The highest BCUT2D eigenvalue weighted by atomic mass is 79.9. The van der Waals surface area contributed by atoms with Crippen LogP contribution in [0.2, 0.25) is 0 Å². The molecule has 0 aromatic heterocycles. The molecule has 1 atom stereocenters. The van der Waals surface area contributed by atoms with Crippen LogP contribution in [0.25, 0.3) is 0 Å². The van der Waals surface area contributed by atoms with Gasteiger partial charge in [-0.2, -0.15) is 0 Å². The number of aliphatic hydroxyl groups excluding tert-OH is 1. The highest BCUT2D eigenvalue weighted by Crippen LogP contribution is 2.22. The molecule has 2 rings (SSSR count). The summed E-state index contributed by atoms with van der Waals surface area (Å²) in [4.78, 5) is 0.178. The molecule has 0 spiro atoms. The maximum absolute atomic E-state index is 12.4. The Morgan fingerprint density at radius 3 is 2.43 bits per heavy atom. The van der Waals surface area contributed by atoms with Gasteiger partial charge in [-0.05, 0) is 36.2 Å². The monoisotopic (exact) mass is 369 g/mol. The maximum Gasteiger partial charge on any atom is 0.241 e. The Kier molecular flexibility index (Phi) is 5.16. The van der Waals surface area contributed by atoms with Crippen molar-refractivity contribution in [3.8, 4) is 0 Å². The fourth-order valence-electron chi connectivity index (χ4n) is 1.94. The van der Waals surface area contributed by atoms with E-state index >= 15 is 0 Å². The van der Waals surface area contributed by atoms with Crippen molar-refractivity contribution in [3.63, 3.8) is 0 Å². The molecule has 2 aromatic rings. The number of hydrogen-bond acceptors (Lipinski definition) is 3. The summed E-state index contributed by atoms with van der Waals surface area (Å²) in [6.45, 7) is 1.52. The lowest BCUT2D eigenvalue weighted by Crippen LogP contribution is -2.30. The van der Waals surface area contributed by atoms with Crippen molar-refractivity contribution >= 4 is 26.0 Å². The van der Waals surface area contributed by atoms with Crippen molar-refractivity contribution in [1.82, 2.24) is 4.72 Å². The van der Waals surface area contributed by atoms with Crippen molar-refractivity contribution in [2.24, 2.45) is 0 Å². The summed E-state index contributed by atoms with van der Waals surface area (Å²) in [6, 6.07) is 13.1. The van der Waals surface area contributed by atoms with Crippen LogP contribution in [0.15, 0.2) is 57.9 Å². The lowest BCUT2D eigenvalue weighted by Gasteiger charge is -2.17. The number of aryl methyl sites for hydroxylation is 1. The normalized spacial score (nSPS) is 13.1. The van der Waals surface area contributed by atoms with E-state index in [1.807, 2.05) is 13.0 Å². The highest BCUT2D eigenvalue weighted by Gasteiger charge is 2.21. The molecule has 0 saturated carbocycles. The Labute approximate surface area is 133 Å². The lowest BCUT2D eigenvalue weighted by atomic mass is 10.1. The van der Waals surface area contributed by atoms with Gasteiger partial charge < -0.3 is 5.11 Å². The molecule has 0 heterocycles. The first kappa shape index (κ1) is 16.2. The van der Waals surface area contributed by atoms with Gasteiger partial charge in [-0.1, -0.05) is 46.3 Å². The fourth-order valence-corrected chi connectivity index (χ4v) is 3.48. The summed E-state index contributed by atoms with van der Waals surface area (Å²) in [5.41, 5.74) is 1.55. The lowest BCUT2D eigenvalue weighted by molar-refractivity contribution is 0.259. The largest absolute Gasteiger partial charge is 0.394 e. The standard InChI is InChI=1S/C15H16BrNO3S/c1-11-9-13(7-8-14(11)16)21(19,20)17-15(10-18)12-5-3-2-4-6-12/h2-9,15,17-18H,10H2,1H3. The van der Waals surface area contributed by atoms with E-state index in [0.29, 0.717) is 0 Å². The van der Waals surface area contributed by atoms with Gasteiger partial charge in [0.25, 0.3) is 0 Å². The summed E-state index contributed by atoms with van der Waals surface area (Å²) >= 11 is 3.34. The van der Waals surface area contributed by atoms with Gasteiger partial charge in [0.05, 0.1) is 17.5 Å². The smallest absolute Gasteiger partial charge is 0.241 e. The third kappa shape index (κ3) is 3.91. The third-order valence-corrected chi connectivity index (χ3v) is 5.48. The van der Waals surface area contributed by atoms with E-state index in [0.717, 1.165) is 15.6 Å². The van der Waals surface area contributed by atoms with Crippen LogP contribution in [-0.4, -0.2) is 20.1 Å². The van der Waals surface area contributed by atoms with E-state index < -0.39 is 16.1 Å². The van der Waals surface area contributed by atoms with E-state index in [-0.39, 0.29) is 11.5 Å². The molecule has 112 valence electrons. The molecule has 0 bridgehead atoms. The van der Waals surface area contributed by atoms with Gasteiger partial charge >= 0.3 is 0 Å². The minimum absolute atomic E-state index is 0.178. The van der Waals surface area contributed by atoms with Gasteiger partial charge in [-0.25, -0.2) is 13.1 Å². The summed E-state index contributed by atoms with van der Waals surface area (Å²) in [5, 5.41) is 9.45. The molecule has 21 heavy (non-hydrogen) atoms. The Morgan fingerprint density at radius 2 is 1.86 bits per heavy atom. The van der Waals surface area contributed by atoms with Crippen molar-refractivity contribution in [1.29, 1.82) is 0 Å². The Balaban J connectivity index is 2.29. The van der Waals surface area contributed by atoms with E-state index in [1.165, 1.54) is 6.07 Å². The zero-order valence-electron chi connectivity index (χ0n) is 11.5. The van der Waals surface area contributed by atoms with Crippen LogP contribution in [-0.2, 0) is 10.0 Å². The molecule has 0 radical (unpaired) electrons. The molecular formula is C15H16BrNO3S. The van der Waals surface area contributed by atoms with Crippen molar-refractivity contribution in [3.05, 3.63) is 64.1 Å². The van der Waals surface area contributed by atoms with Crippen molar-refractivity contribution in [2.45, 2.75) is 17.9 Å². The minimum Gasteiger partial charge on any atom is -0.394 e. The predicted molar refractivity (Wildman–Crippen MR) is 85.5 cm³/mol. The van der Waals surface area contributed by atoms with Gasteiger partial charge in [0.15, 0.2) is 0 Å². The zero-order chi connectivity index (χ0) is 15.5. The number of nitrogens with one attached hydrogen (secondary N) is 1. The second-order valence-electron chi connectivity index (χ2n) is 4.68. The van der Waals surface area contributed by atoms with Crippen LogP contribution < -0.4 is 4.72 Å². The van der Waals surface area contributed by atoms with Gasteiger partial charge in [-0.3, -0.25) is 0 Å². The molecule has 1 unspecified atom stereocenters. The number of benzene rings is 2. The molecule has 2 aromatic carbocycles.